The van der Waals surface area contributed by atoms with Gasteiger partial charge >= 0.3 is 0 Å². The first-order chi connectivity index (χ1) is 5.96. The summed E-state index contributed by atoms with van der Waals surface area (Å²) in [4.78, 5) is 12.3. The van der Waals surface area contributed by atoms with Crippen LogP contribution >= 0.6 is 0 Å². The van der Waals surface area contributed by atoms with Crippen molar-refractivity contribution in [3.63, 3.8) is 0 Å². The molecule has 1 saturated heterocycles. The van der Waals surface area contributed by atoms with Gasteiger partial charge in [-0.3, -0.25) is 4.79 Å². The molecule has 0 aromatic heterocycles. The Labute approximate surface area is 75.3 Å². The van der Waals surface area contributed by atoms with Crippen molar-refractivity contribution in [1.82, 2.24) is 4.90 Å². The molecule has 1 heterocycles. The van der Waals surface area contributed by atoms with Crippen LogP contribution in [0.25, 0.3) is 0 Å². The maximum Gasteiger partial charge on any atom is 0.266 e. The third-order valence-corrected chi connectivity index (χ3v) is 2.48. The van der Waals surface area contributed by atoms with E-state index in [1.807, 2.05) is 0 Å². The van der Waals surface area contributed by atoms with Crippen molar-refractivity contribution in [3.8, 4) is 0 Å². The third-order valence-electron chi connectivity index (χ3n) is 2.48. The smallest absolute Gasteiger partial charge is 0.266 e. The number of hydrogen-bond donors (Lipinski definition) is 1. The lowest BCUT2D eigenvalue weighted by Gasteiger charge is -2.37. The van der Waals surface area contributed by atoms with Crippen LogP contribution in [0.2, 0.25) is 0 Å². The molecule has 5 heteroatoms. The van der Waals surface area contributed by atoms with Gasteiger partial charge in [0.1, 0.15) is 5.60 Å². The normalized spacial score (nSPS) is 22.1. The summed E-state index contributed by atoms with van der Waals surface area (Å²) in [5, 5.41) is 9.36. The summed E-state index contributed by atoms with van der Waals surface area (Å²) in [6.07, 6.45) is -2.80. The second kappa shape index (κ2) is 3.57. The number of rotatable bonds is 1. The fourth-order valence-electron chi connectivity index (χ4n) is 1.43. The van der Waals surface area contributed by atoms with Crippen molar-refractivity contribution in [2.45, 2.75) is 31.8 Å². The molecule has 0 spiro atoms. The molecule has 0 aromatic rings. The SMILES string of the molecule is CC(=O)N1CCC(O)(C(F)F)CC1. The molecular formula is C8H13F2NO2. The highest BCUT2D eigenvalue weighted by atomic mass is 19.3. The summed E-state index contributed by atoms with van der Waals surface area (Å²) in [6, 6.07) is 0. The molecule has 76 valence electrons. The molecule has 1 aliphatic rings. The molecule has 1 N–H and O–H groups in total. The van der Waals surface area contributed by atoms with Crippen molar-refractivity contribution < 1.29 is 18.7 Å². The van der Waals surface area contributed by atoms with Crippen molar-refractivity contribution in [1.29, 1.82) is 0 Å². The molecule has 3 nitrogen and oxygen atoms in total. The molecule has 0 aromatic carbocycles. The van der Waals surface area contributed by atoms with Crippen LogP contribution in [0.4, 0.5) is 8.78 Å². The highest BCUT2D eigenvalue weighted by Gasteiger charge is 2.41. The molecule has 0 aliphatic carbocycles. The van der Waals surface area contributed by atoms with Gasteiger partial charge < -0.3 is 10.0 Å². The number of carbonyl (C=O) groups is 1. The monoisotopic (exact) mass is 193 g/mol. The molecule has 1 fully saturated rings. The number of alkyl halides is 2. The minimum atomic E-state index is -2.72. The van der Waals surface area contributed by atoms with Crippen LogP contribution in [0.5, 0.6) is 0 Å². The van der Waals surface area contributed by atoms with Gasteiger partial charge in [0.05, 0.1) is 0 Å². The van der Waals surface area contributed by atoms with Gasteiger partial charge in [-0.05, 0) is 12.8 Å². The Morgan fingerprint density at radius 1 is 1.46 bits per heavy atom. The quantitative estimate of drug-likeness (QED) is 0.663. The number of likely N-dealkylation sites (tertiary alicyclic amines) is 1. The summed E-state index contributed by atoms with van der Waals surface area (Å²) in [7, 11) is 0. The van der Waals surface area contributed by atoms with E-state index in [0.717, 1.165) is 0 Å². The number of aliphatic hydroxyl groups is 1. The van der Waals surface area contributed by atoms with Crippen molar-refractivity contribution in [3.05, 3.63) is 0 Å². The summed E-state index contributed by atoms with van der Waals surface area (Å²) in [6.45, 7) is 1.83. The van der Waals surface area contributed by atoms with Crippen molar-refractivity contribution >= 4 is 5.91 Å². The van der Waals surface area contributed by atoms with E-state index in [1.165, 1.54) is 11.8 Å². The van der Waals surface area contributed by atoms with Gasteiger partial charge in [0.15, 0.2) is 0 Å². The number of halogens is 2. The summed E-state index contributed by atoms with van der Waals surface area (Å²) < 4.78 is 24.6. The lowest BCUT2D eigenvalue weighted by atomic mass is 9.92. The van der Waals surface area contributed by atoms with E-state index in [9.17, 15) is 18.7 Å². The Morgan fingerprint density at radius 3 is 2.23 bits per heavy atom. The zero-order valence-corrected chi connectivity index (χ0v) is 7.46. The first-order valence-electron chi connectivity index (χ1n) is 4.22. The maximum atomic E-state index is 12.3. The zero-order chi connectivity index (χ0) is 10.1. The highest BCUT2D eigenvalue weighted by Crippen LogP contribution is 2.28. The Bertz CT molecular complexity index is 200. The van der Waals surface area contributed by atoms with Crippen LogP contribution in [-0.4, -0.2) is 41.0 Å². The number of hydrogen-bond acceptors (Lipinski definition) is 2. The van der Waals surface area contributed by atoms with E-state index in [1.54, 1.807) is 0 Å². The van der Waals surface area contributed by atoms with E-state index in [-0.39, 0.29) is 31.8 Å². The molecule has 13 heavy (non-hydrogen) atoms. The molecular weight excluding hydrogens is 180 g/mol. The van der Waals surface area contributed by atoms with Crippen LogP contribution in [0.15, 0.2) is 0 Å². The maximum absolute atomic E-state index is 12.3. The van der Waals surface area contributed by atoms with Crippen molar-refractivity contribution in [2.75, 3.05) is 13.1 Å². The predicted molar refractivity (Wildman–Crippen MR) is 42.4 cm³/mol. The standard InChI is InChI=1S/C8H13F2NO2/c1-6(12)11-4-2-8(13,3-5-11)7(9)10/h7,13H,2-5H2,1H3. The first-order valence-corrected chi connectivity index (χ1v) is 4.22. The zero-order valence-electron chi connectivity index (χ0n) is 7.46. The largest absolute Gasteiger partial charge is 0.384 e. The third kappa shape index (κ3) is 2.15. The second-order valence-corrected chi connectivity index (χ2v) is 3.41. The predicted octanol–water partition coefficient (Wildman–Crippen LogP) is 0.625. The molecule has 1 amide bonds. The lowest BCUT2D eigenvalue weighted by molar-refractivity contribution is -0.145. The Hall–Kier alpha value is -0.710. The molecule has 1 rings (SSSR count). The summed E-state index contributed by atoms with van der Waals surface area (Å²) >= 11 is 0. The van der Waals surface area contributed by atoms with Gasteiger partial charge in [-0.15, -0.1) is 0 Å². The van der Waals surface area contributed by atoms with E-state index in [0.29, 0.717) is 0 Å². The van der Waals surface area contributed by atoms with Crippen LogP contribution in [0.3, 0.4) is 0 Å². The van der Waals surface area contributed by atoms with Gasteiger partial charge in [0.25, 0.3) is 6.43 Å². The minimum Gasteiger partial charge on any atom is -0.384 e. The molecule has 0 radical (unpaired) electrons. The highest BCUT2D eigenvalue weighted by molar-refractivity contribution is 5.73. The number of nitrogens with zero attached hydrogens (tertiary/aromatic N) is 1. The lowest BCUT2D eigenvalue weighted by Crippen LogP contribution is -2.49. The van der Waals surface area contributed by atoms with Crippen LogP contribution in [-0.2, 0) is 4.79 Å². The Balaban J connectivity index is 2.51. The van der Waals surface area contributed by atoms with Crippen LogP contribution in [0, 0.1) is 0 Å². The fourth-order valence-corrected chi connectivity index (χ4v) is 1.43. The van der Waals surface area contributed by atoms with Gasteiger partial charge in [-0.25, -0.2) is 8.78 Å². The van der Waals surface area contributed by atoms with E-state index >= 15 is 0 Å². The Kier molecular flexibility index (Phi) is 2.85. The molecule has 0 saturated carbocycles. The Morgan fingerprint density at radius 2 is 1.92 bits per heavy atom. The van der Waals surface area contributed by atoms with Gasteiger partial charge in [-0.1, -0.05) is 0 Å². The average Bonchev–Trinajstić information content (AvgIpc) is 2.04. The number of carbonyl (C=O) groups excluding carboxylic acids is 1. The second-order valence-electron chi connectivity index (χ2n) is 3.41. The van der Waals surface area contributed by atoms with Gasteiger partial charge in [0.2, 0.25) is 5.91 Å². The summed E-state index contributed by atoms with van der Waals surface area (Å²) in [5.74, 6) is -0.128. The van der Waals surface area contributed by atoms with Gasteiger partial charge in [-0.2, -0.15) is 0 Å². The fraction of sp³-hybridized carbons (Fsp3) is 0.875. The van der Waals surface area contributed by atoms with E-state index < -0.39 is 12.0 Å². The molecule has 0 atom stereocenters. The van der Waals surface area contributed by atoms with E-state index in [2.05, 4.69) is 0 Å². The topological polar surface area (TPSA) is 40.5 Å². The van der Waals surface area contributed by atoms with Gasteiger partial charge in [0, 0.05) is 20.0 Å². The average molecular weight is 193 g/mol. The molecule has 0 unspecified atom stereocenters. The number of amides is 1. The molecule has 0 bridgehead atoms. The van der Waals surface area contributed by atoms with Crippen LogP contribution < -0.4 is 0 Å². The molecule has 1 aliphatic heterocycles. The van der Waals surface area contributed by atoms with E-state index in [4.69, 9.17) is 0 Å². The first kappa shape index (κ1) is 10.4. The number of piperidine rings is 1. The minimum absolute atomic E-state index is 0.0375. The summed E-state index contributed by atoms with van der Waals surface area (Å²) in [5.41, 5.74) is -1.88. The van der Waals surface area contributed by atoms with Crippen molar-refractivity contribution in [2.24, 2.45) is 0 Å². The van der Waals surface area contributed by atoms with Crippen LogP contribution in [0.1, 0.15) is 19.8 Å².